The molecule has 0 saturated heterocycles. The van der Waals surface area contributed by atoms with Gasteiger partial charge in [-0.1, -0.05) is 35.3 Å². The molecule has 0 fully saturated rings. The van der Waals surface area contributed by atoms with Crippen molar-refractivity contribution in [2.75, 3.05) is 12.8 Å². The van der Waals surface area contributed by atoms with E-state index in [0.29, 0.717) is 21.5 Å². The summed E-state index contributed by atoms with van der Waals surface area (Å²) < 4.78 is 5.18. The topological polar surface area (TPSA) is 35.2 Å². The van der Waals surface area contributed by atoms with Crippen molar-refractivity contribution in [3.63, 3.8) is 0 Å². The molecule has 0 aliphatic heterocycles. The maximum atomic E-state index is 6.14. The number of halogens is 2. The van der Waals surface area contributed by atoms with Crippen LogP contribution in [0, 0.1) is 0 Å². The normalized spacial score (nSPS) is 10.3. The molecule has 0 radical (unpaired) electrons. The van der Waals surface area contributed by atoms with Crippen LogP contribution in [0.3, 0.4) is 0 Å². The lowest BCUT2D eigenvalue weighted by molar-refractivity contribution is 0.417. The van der Waals surface area contributed by atoms with Gasteiger partial charge in [0, 0.05) is 15.6 Å². The molecule has 88 valence electrons. The van der Waals surface area contributed by atoms with E-state index < -0.39 is 0 Å². The van der Waals surface area contributed by atoms with E-state index in [1.165, 1.54) is 0 Å². The van der Waals surface area contributed by atoms with Crippen LogP contribution >= 0.6 is 23.2 Å². The highest BCUT2D eigenvalue weighted by atomic mass is 35.5. The molecule has 2 aromatic rings. The van der Waals surface area contributed by atoms with Crippen molar-refractivity contribution < 1.29 is 4.74 Å². The maximum absolute atomic E-state index is 6.14. The van der Waals surface area contributed by atoms with E-state index in [-0.39, 0.29) is 0 Å². The Balaban J connectivity index is 2.53. The summed E-state index contributed by atoms with van der Waals surface area (Å²) in [5.74, 6) is 0.633. The van der Waals surface area contributed by atoms with E-state index in [1.807, 2.05) is 18.2 Å². The van der Waals surface area contributed by atoms with Gasteiger partial charge in [0.1, 0.15) is 5.75 Å². The minimum Gasteiger partial charge on any atom is -0.495 e. The van der Waals surface area contributed by atoms with Crippen molar-refractivity contribution in [2.24, 2.45) is 0 Å². The molecule has 4 heteroatoms. The summed E-state index contributed by atoms with van der Waals surface area (Å²) in [6.07, 6.45) is 0. The zero-order valence-electron chi connectivity index (χ0n) is 9.21. The van der Waals surface area contributed by atoms with Gasteiger partial charge in [0.25, 0.3) is 0 Å². The zero-order chi connectivity index (χ0) is 12.4. The van der Waals surface area contributed by atoms with Gasteiger partial charge in [0.05, 0.1) is 12.8 Å². The number of nitrogens with two attached hydrogens (primary N) is 1. The average molecular weight is 268 g/mol. The molecular formula is C13H11Cl2NO. The summed E-state index contributed by atoms with van der Waals surface area (Å²) in [6.45, 7) is 0. The third kappa shape index (κ3) is 2.48. The zero-order valence-corrected chi connectivity index (χ0v) is 10.7. The van der Waals surface area contributed by atoms with E-state index >= 15 is 0 Å². The first-order valence-corrected chi connectivity index (χ1v) is 5.76. The maximum Gasteiger partial charge on any atom is 0.142 e. The first-order chi connectivity index (χ1) is 8.11. The molecule has 0 heterocycles. The van der Waals surface area contributed by atoms with Crippen LogP contribution in [0.25, 0.3) is 11.1 Å². The predicted octanol–water partition coefficient (Wildman–Crippen LogP) is 4.25. The van der Waals surface area contributed by atoms with Crippen molar-refractivity contribution in [3.05, 3.63) is 46.4 Å². The van der Waals surface area contributed by atoms with Crippen molar-refractivity contribution >= 4 is 28.9 Å². The Morgan fingerprint density at radius 2 is 1.82 bits per heavy atom. The number of ether oxygens (including phenoxy) is 1. The Morgan fingerprint density at radius 1 is 1.06 bits per heavy atom. The Bertz CT molecular complexity index is 555. The number of nitrogen functional groups attached to an aromatic ring is 1. The van der Waals surface area contributed by atoms with Crippen LogP contribution in [0.5, 0.6) is 5.75 Å². The van der Waals surface area contributed by atoms with Gasteiger partial charge in [-0.15, -0.1) is 0 Å². The average Bonchev–Trinajstić information content (AvgIpc) is 2.30. The largest absolute Gasteiger partial charge is 0.495 e. The Labute approximate surface area is 110 Å². The predicted molar refractivity (Wildman–Crippen MR) is 72.9 cm³/mol. The molecule has 0 spiro atoms. The first kappa shape index (κ1) is 12.1. The van der Waals surface area contributed by atoms with Crippen LogP contribution in [0.15, 0.2) is 36.4 Å². The van der Waals surface area contributed by atoms with Crippen LogP contribution in [-0.2, 0) is 0 Å². The molecule has 0 aliphatic carbocycles. The molecule has 2 rings (SSSR count). The minimum atomic E-state index is 0.598. The third-order valence-corrected chi connectivity index (χ3v) is 3.02. The van der Waals surface area contributed by atoms with Crippen LogP contribution in [0.2, 0.25) is 10.0 Å². The molecular weight excluding hydrogens is 257 g/mol. The SMILES string of the molecule is COc1cc(-c2ccc(Cl)cc2Cl)ccc1N. The lowest BCUT2D eigenvalue weighted by atomic mass is 10.0. The summed E-state index contributed by atoms with van der Waals surface area (Å²) in [4.78, 5) is 0. The van der Waals surface area contributed by atoms with Crippen molar-refractivity contribution in [3.8, 4) is 16.9 Å². The molecule has 2 nitrogen and oxygen atoms in total. The third-order valence-electron chi connectivity index (χ3n) is 2.48. The summed E-state index contributed by atoms with van der Waals surface area (Å²) in [7, 11) is 1.58. The second-order valence-corrected chi connectivity index (χ2v) is 4.42. The molecule has 17 heavy (non-hydrogen) atoms. The molecule has 0 saturated carbocycles. The summed E-state index contributed by atoms with van der Waals surface area (Å²) in [5, 5.41) is 1.21. The van der Waals surface area contributed by atoms with Crippen molar-refractivity contribution in [2.45, 2.75) is 0 Å². The van der Waals surface area contributed by atoms with Gasteiger partial charge in [-0.25, -0.2) is 0 Å². The van der Waals surface area contributed by atoms with Gasteiger partial charge in [0.15, 0.2) is 0 Å². The molecule has 0 atom stereocenters. The van der Waals surface area contributed by atoms with E-state index in [0.717, 1.165) is 11.1 Å². The second kappa shape index (κ2) is 4.86. The number of hydrogen-bond donors (Lipinski definition) is 1. The van der Waals surface area contributed by atoms with Gasteiger partial charge >= 0.3 is 0 Å². The number of benzene rings is 2. The Kier molecular flexibility index (Phi) is 3.46. The molecule has 0 aliphatic rings. The van der Waals surface area contributed by atoms with Gasteiger partial charge in [-0.05, 0) is 29.8 Å². The van der Waals surface area contributed by atoms with Gasteiger partial charge in [0.2, 0.25) is 0 Å². The fourth-order valence-corrected chi connectivity index (χ4v) is 2.12. The van der Waals surface area contributed by atoms with Gasteiger partial charge in [-0.2, -0.15) is 0 Å². The number of rotatable bonds is 2. The highest BCUT2D eigenvalue weighted by Gasteiger charge is 2.07. The molecule has 0 amide bonds. The standard InChI is InChI=1S/C13H11Cl2NO/c1-17-13-6-8(2-5-12(13)16)10-4-3-9(14)7-11(10)15/h2-7H,16H2,1H3. The molecule has 0 aromatic heterocycles. The first-order valence-electron chi connectivity index (χ1n) is 5.01. The summed E-state index contributed by atoms with van der Waals surface area (Å²) in [6, 6.07) is 10.9. The lowest BCUT2D eigenvalue weighted by Crippen LogP contribution is -1.92. The van der Waals surface area contributed by atoms with Crippen molar-refractivity contribution in [1.82, 2.24) is 0 Å². The molecule has 0 unspecified atom stereocenters. The van der Waals surface area contributed by atoms with Crippen molar-refractivity contribution in [1.29, 1.82) is 0 Å². The smallest absolute Gasteiger partial charge is 0.142 e. The van der Waals surface area contributed by atoms with E-state index in [1.54, 1.807) is 25.3 Å². The summed E-state index contributed by atoms with van der Waals surface area (Å²) >= 11 is 12.0. The van der Waals surface area contributed by atoms with E-state index in [4.69, 9.17) is 33.7 Å². The molecule has 0 bridgehead atoms. The summed E-state index contributed by atoms with van der Waals surface area (Å²) in [5.41, 5.74) is 8.20. The fourth-order valence-electron chi connectivity index (χ4n) is 1.60. The van der Waals surface area contributed by atoms with Crippen LogP contribution in [-0.4, -0.2) is 7.11 Å². The monoisotopic (exact) mass is 267 g/mol. The Hall–Kier alpha value is -1.38. The minimum absolute atomic E-state index is 0.598. The molecule has 2 N–H and O–H groups in total. The van der Waals surface area contributed by atoms with Gasteiger partial charge in [-0.3, -0.25) is 0 Å². The van der Waals surface area contributed by atoms with E-state index in [2.05, 4.69) is 0 Å². The van der Waals surface area contributed by atoms with Gasteiger partial charge < -0.3 is 10.5 Å². The highest BCUT2D eigenvalue weighted by Crippen LogP contribution is 2.34. The van der Waals surface area contributed by atoms with Crippen LogP contribution in [0.4, 0.5) is 5.69 Å². The lowest BCUT2D eigenvalue weighted by Gasteiger charge is -2.09. The Morgan fingerprint density at radius 3 is 2.47 bits per heavy atom. The number of hydrogen-bond acceptors (Lipinski definition) is 2. The second-order valence-electron chi connectivity index (χ2n) is 3.58. The molecule has 2 aromatic carbocycles. The fraction of sp³-hybridized carbons (Fsp3) is 0.0769. The number of anilines is 1. The van der Waals surface area contributed by atoms with E-state index in [9.17, 15) is 0 Å². The van der Waals surface area contributed by atoms with Crippen LogP contribution < -0.4 is 10.5 Å². The number of methoxy groups -OCH3 is 1. The highest BCUT2D eigenvalue weighted by molar-refractivity contribution is 6.36. The van der Waals surface area contributed by atoms with Crippen LogP contribution in [0.1, 0.15) is 0 Å². The quantitative estimate of drug-likeness (QED) is 0.826.